The molecule has 0 unspecified atom stereocenters. The van der Waals surface area contributed by atoms with Gasteiger partial charge in [-0.3, -0.25) is 0 Å². The fourth-order valence-corrected chi connectivity index (χ4v) is 1.73. The highest BCUT2D eigenvalue weighted by Crippen LogP contribution is 2.24. The van der Waals surface area contributed by atoms with Gasteiger partial charge < -0.3 is 15.4 Å². The van der Waals surface area contributed by atoms with Crippen molar-refractivity contribution in [3.8, 4) is 5.75 Å². The van der Waals surface area contributed by atoms with Gasteiger partial charge >= 0.3 is 6.03 Å². The molecule has 2 aromatic rings. The van der Waals surface area contributed by atoms with Gasteiger partial charge in [0, 0.05) is 5.69 Å². The van der Waals surface area contributed by atoms with Gasteiger partial charge in [-0.25, -0.2) is 9.18 Å². The number of rotatable bonds is 5. The van der Waals surface area contributed by atoms with Crippen molar-refractivity contribution in [3.05, 3.63) is 54.3 Å². The van der Waals surface area contributed by atoms with E-state index in [2.05, 4.69) is 10.6 Å². The van der Waals surface area contributed by atoms with Gasteiger partial charge in [-0.05, 0) is 42.8 Å². The summed E-state index contributed by atoms with van der Waals surface area (Å²) in [5, 5.41) is 5.34. The van der Waals surface area contributed by atoms with E-state index < -0.39 is 6.03 Å². The second-order valence-corrected chi connectivity index (χ2v) is 4.43. The van der Waals surface area contributed by atoms with Gasteiger partial charge in [0.1, 0.15) is 11.6 Å². The van der Waals surface area contributed by atoms with Crippen molar-refractivity contribution in [2.75, 3.05) is 17.2 Å². The van der Waals surface area contributed by atoms with E-state index in [-0.39, 0.29) is 5.82 Å². The van der Waals surface area contributed by atoms with Crippen molar-refractivity contribution >= 4 is 17.4 Å². The molecule has 0 saturated carbocycles. The highest BCUT2D eigenvalue weighted by Gasteiger charge is 2.07. The second kappa shape index (κ2) is 7.28. The molecular weight excluding hydrogens is 271 g/mol. The molecule has 0 radical (unpaired) electrons. The normalized spacial score (nSPS) is 10.0. The molecule has 0 spiro atoms. The number of halogens is 1. The average molecular weight is 288 g/mol. The van der Waals surface area contributed by atoms with E-state index in [9.17, 15) is 9.18 Å². The maximum Gasteiger partial charge on any atom is 0.323 e. The summed E-state index contributed by atoms with van der Waals surface area (Å²) in [5.74, 6) is 0.271. The molecule has 2 N–H and O–H groups in total. The summed E-state index contributed by atoms with van der Waals surface area (Å²) in [4.78, 5) is 11.9. The van der Waals surface area contributed by atoms with Crippen LogP contribution >= 0.6 is 0 Å². The molecule has 110 valence electrons. The third-order valence-corrected chi connectivity index (χ3v) is 2.70. The first-order valence-electron chi connectivity index (χ1n) is 6.74. The summed E-state index contributed by atoms with van der Waals surface area (Å²) >= 11 is 0. The maximum absolute atomic E-state index is 12.8. The fraction of sp³-hybridized carbons (Fsp3) is 0.188. The van der Waals surface area contributed by atoms with Crippen molar-refractivity contribution in [1.29, 1.82) is 0 Å². The van der Waals surface area contributed by atoms with E-state index >= 15 is 0 Å². The highest BCUT2D eigenvalue weighted by atomic mass is 19.1. The Bertz CT molecular complexity index is 599. The molecule has 0 heterocycles. The average Bonchev–Trinajstić information content (AvgIpc) is 2.49. The summed E-state index contributed by atoms with van der Waals surface area (Å²) in [6, 6.07) is 12.4. The van der Waals surface area contributed by atoms with E-state index in [0.717, 1.165) is 6.42 Å². The van der Waals surface area contributed by atoms with Crippen LogP contribution in [0.3, 0.4) is 0 Å². The van der Waals surface area contributed by atoms with Crippen LogP contribution in [0.5, 0.6) is 5.75 Å². The van der Waals surface area contributed by atoms with Gasteiger partial charge in [0.15, 0.2) is 0 Å². The van der Waals surface area contributed by atoms with Crippen LogP contribution in [0, 0.1) is 5.82 Å². The van der Waals surface area contributed by atoms with Crippen LogP contribution in [0.4, 0.5) is 20.6 Å². The zero-order valence-corrected chi connectivity index (χ0v) is 11.7. The van der Waals surface area contributed by atoms with E-state index in [1.165, 1.54) is 24.3 Å². The third kappa shape index (κ3) is 4.49. The number of hydrogen-bond acceptors (Lipinski definition) is 2. The largest absolute Gasteiger partial charge is 0.491 e. The number of benzene rings is 2. The molecule has 0 saturated heterocycles. The summed E-state index contributed by atoms with van der Waals surface area (Å²) in [5.41, 5.74) is 1.10. The SMILES string of the molecule is CCCOc1ccccc1NC(=O)Nc1ccc(F)cc1. The number of nitrogens with one attached hydrogen (secondary N) is 2. The van der Waals surface area contributed by atoms with Gasteiger partial charge in [-0.15, -0.1) is 0 Å². The minimum atomic E-state index is -0.408. The van der Waals surface area contributed by atoms with Crippen LogP contribution in [0.25, 0.3) is 0 Å². The first-order chi connectivity index (χ1) is 10.2. The number of carbonyl (C=O) groups is 1. The number of anilines is 2. The van der Waals surface area contributed by atoms with E-state index in [0.29, 0.717) is 23.7 Å². The molecule has 0 bridgehead atoms. The molecule has 0 aromatic heterocycles. The Morgan fingerprint density at radius 3 is 2.52 bits per heavy atom. The molecule has 5 heteroatoms. The Kier molecular flexibility index (Phi) is 5.15. The Balaban J connectivity index is 2.00. The van der Waals surface area contributed by atoms with E-state index in [1.54, 1.807) is 12.1 Å². The summed E-state index contributed by atoms with van der Waals surface area (Å²) in [6.45, 7) is 2.59. The lowest BCUT2D eigenvalue weighted by atomic mass is 10.3. The number of ether oxygens (including phenoxy) is 1. The summed E-state index contributed by atoms with van der Waals surface area (Å²) in [6.07, 6.45) is 0.885. The first kappa shape index (κ1) is 14.8. The molecule has 21 heavy (non-hydrogen) atoms. The van der Waals surface area contributed by atoms with Gasteiger partial charge in [0.05, 0.1) is 12.3 Å². The van der Waals surface area contributed by atoms with Crippen molar-refractivity contribution in [1.82, 2.24) is 0 Å². The maximum atomic E-state index is 12.8. The fourth-order valence-electron chi connectivity index (χ4n) is 1.73. The zero-order valence-electron chi connectivity index (χ0n) is 11.7. The lowest BCUT2D eigenvalue weighted by Gasteiger charge is -2.12. The second-order valence-electron chi connectivity index (χ2n) is 4.43. The molecule has 2 aromatic carbocycles. The molecule has 0 aliphatic carbocycles. The quantitative estimate of drug-likeness (QED) is 0.863. The smallest absolute Gasteiger partial charge is 0.323 e. The van der Waals surface area contributed by atoms with Gasteiger partial charge in [0.2, 0.25) is 0 Å². The lowest BCUT2D eigenvalue weighted by Crippen LogP contribution is -2.19. The lowest BCUT2D eigenvalue weighted by molar-refractivity contribution is 0.262. The van der Waals surface area contributed by atoms with Crippen molar-refractivity contribution in [2.24, 2.45) is 0 Å². The molecule has 0 fully saturated rings. The molecule has 0 aliphatic rings. The molecular formula is C16H17FN2O2. The minimum Gasteiger partial charge on any atom is -0.491 e. The number of urea groups is 1. The molecule has 2 amide bonds. The number of hydrogen-bond donors (Lipinski definition) is 2. The number of para-hydroxylation sites is 2. The van der Waals surface area contributed by atoms with Crippen molar-refractivity contribution in [3.63, 3.8) is 0 Å². The van der Waals surface area contributed by atoms with Crippen LogP contribution in [-0.2, 0) is 0 Å². The van der Waals surface area contributed by atoms with Crippen LogP contribution < -0.4 is 15.4 Å². The predicted octanol–water partition coefficient (Wildman–Crippen LogP) is 4.26. The van der Waals surface area contributed by atoms with Gasteiger partial charge in [-0.1, -0.05) is 19.1 Å². The van der Waals surface area contributed by atoms with Crippen molar-refractivity contribution < 1.29 is 13.9 Å². The monoisotopic (exact) mass is 288 g/mol. The van der Waals surface area contributed by atoms with E-state index in [1.807, 2.05) is 19.1 Å². The van der Waals surface area contributed by atoms with Gasteiger partial charge in [0.25, 0.3) is 0 Å². The first-order valence-corrected chi connectivity index (χ1v) is 6.74. The van der Waals surface area contributed by atoms with Crippen LogP contribution in [0.2, 0.25) is 0 Å². The molecule has 2 rings (SSSR count). The van der Waals surface area contributed by atoms with Gasteiger partial charge in [-0.2, -0.15) is 0 Å². The van der Waals surface area contributed by atoms with Crippen LogP contribution in [0.1, 0.15) is 13.3 Å². The Morgan fingerprint density at radius 2 is 1.81 bits per heavy atom. The molecule has 0 atom stereocenters. The highest BCUT2D eigenvalue weighted by molar-refractivity contribution is 6.00. The third-order valence-electron chi connectivity index (χ3n) is 2.70. The Hall–Kier alpha value is -2.56. The summed E-state index contributed by atoms with van der Waals surface area (Å²) < 4.78 is 18.4. The van der Waals surface area contributed by atoms with Crippen LogP contribution in [0.15, 0.2) is 48.5 Å². The Labute approximate surface area is 122 Å². The van der Waals surface area contributed by atoms with E-state index in [4.69, 9.17) is 4.74 Å². The van der Waals surface area contributed by atoms with Crippen molar-refractivity contribution in [2.45, 2.75) is 13.3 Å². The molecule has 0 aliphatic heterocycles. The number of amides is 2. The number of carbonyl (C=O) groups excluding carboxylic acids is 1. The molecule has 4 nitrogen and oxygen atoms in total. The Morgan fingerprint density at radius 1 is 1.10 bits per heavy atom. The minimum absolute atomic E-state index is 0.348. The topological polar surface area (TPSA) is 50.4 Å². The predicted molar refractivity (Wildman–Crippen MR) is 81.3 cm³/mol. The zero-order chi connectivity index (χ0) is 15.1. The van der Waals surface area contributed by atoms with Crippen LogP contribution in [-0.4, -0.2) is 12.6 Å². The standard InChI is InChI=1S/C16H17FN2O2/c1-2-11-21-15-6-4-3-5-14(15)19-16(20)18-13-9-7-12(17)8-10-13/h3-10H,2,11H2,1H3,(H2,18,19,20). The summed E-state index contributed by atoms with van der Waals surface area (Å²) in [7, 11) is 0.